The molecule has 0 unspecified atom stereocenters. The van der Waals surface area contributed by atoms with Crippen molar-refractivity contribution in [2.45, 2.75) is 33.2 Å². The third-order valence-corrected chi connectivity index (χ3v) is 3.23. The van der Waals surface area contributed by atoms with Gasteiger partial charge in [0.15, 0.2) is 0 Å². The zero-order valence-electron chi connectivity index (χ0n) is 11.8. The first-order chi connectivity index (χ1) is 9.63. The van der Waals surface area contributed by atoms with E-state index < -0.39 is 0 Å². The topological polar surface area (TPSA) is 102 Å². The summed E-state index contributed by atoms with van der Waals surface area (Å²) in [7, 11) is 0. The van der Waals surface area contributed by atoms with E-state index in [-0.39, 0.29) is 5.91 Å². The van der Waals surface area contributed by atoms with Gasteiger partial charge in [-0.2, -0.15) is 10.2 Å². The molecule has 0 aliphatic heterocycles. The molecule has 0 aliphatic carbocycles. The van der Waals surface area contributed by atoms with Gasteiger partial charge in [0.05, 0.1) is 18.1 Å². The van der Waals surface area contributed by atoms with E-state index in [0.717, 1.165) is 18.5 Å². The summed E-state index contributed by atoms with van der Waals surface area (Å²) < 4.78 is 1.60. The zero-order valence-corrected chi connectivity index (χ0v) is 11.8. The summed E-state index contributed by atoms with van der Waals surface area (Å²) in [6.07, 6.45) is 5.06. The van der Waals surface area contributed by atoms with Crippen LogP contribution in [-0.2, 0) is 13.0 Å². The van der Waals surface area contributed by atoms with Gasteiger partial charge in [0.25, 0.3) is 5.91 Å². The van der Waals surface area contributed by atoms with Crippen LogP contribution in [0.5, 0.6) is 0 Å². The van der Waals surface area contributed by atoms with Crippen LogP contribution < -0.4 is 11.1 Å². The number of nitrogens with one attached hydrogen (secondary N) is 2. The second-order valence-corrected chi connectivity index (χ2v) is 4.64. The van der Waals surface area contributed by atoms with Crippen LogP contribution in [0.1, 0.15) is 35.1 Å². The summed E-state index contributed by atoms with van der Waals surface area (Å²) in [4.78, 5) is 12.1. The Morgan fingerprint density at radius 3 is 2.95 bits per heavy atom. The molecule has 0 fully saturated rings. The minimum absolute atomic E-state index is 0.175. The van der Waals surface area contributed by atoms with Gasteiger partial charge >= 0.3 is 0 Å². The molecule has 2 aromatic rings. The Morgan fingerprint density at radius 2 is 2.30 bits per heavy atom. The predicted octanol–water partition coefficient (Wildman–Crippen LogP) is 0.879. The second-order valence-electron chi connectivity index (χ2n) is 4.64. The standard InChI is InChI=1S/C13H20N6O/c1-3-19-12(11(14)8-17-19)13(20)15-6-4-5-10-7-16-18-9(10)2/h7-8H,3-6,14H2,1-2H3,(H,15,20)(H,16,18). The molecule has 1 amide bonds. The zero-order chi connectivity index (χ0) is 14.5. The molecule has 0 radical (unpaired) electrons. The third-order valence-electron chi connectivity index (χ3n) is 3.23. The molecule has 2 heterocycles. The highest BCUT2D eigenvalue weighted by Gasteiger charge is 2.15. The molecular formula is C13H20N6O. The lowest BCUT2D eigenvalue weighted by Gasteiger charge is -2.07. The SMILES string of the molecule is CCn1ncc(N)c1C(=O)NCCCc1cn[nH]c1C. The maximum Gasteiger partial charge on any atom is 0.271 e. The Bertz CT molecular complexity index is 585. The Labute approximate surface area is 117 Å². The lowest BCUT2D eigenvalue weighted by Crippen LogP contribution is -2.28. The van der Waals surface area contributed by atoms with Gasteiger partial charge in [0.1, 0.15) is 5.69 Å². The number of nitrogen functional groups attached to an aromatic ring is 1. The van der Waals surface area contributed by atoms with Gasteiger partial charge in [-0.3, -0.25) is 14.6 Å². The number of nitrogens with zero attached hydrogens (tertiary/aromatic N) is 3. The van der Waals surface area contributed by atoms with Crippen molar-refractivity contribution in [3.05, 3.63) is 29.3 Å². The minimum Gasteiger partial charge on any atom is -0.396 e. The summed E-state index contributed by atoms with van der Waals surface area (Å²) in [5.74, 6) is -0.175. The number of amides is 1. The number of carbonyl (C=O) groups is 1. The van der Waals surface area contributed by atoms with Crippen LogP contribution in [0.2, 0.25) is 0 Å². The fourth-order valence-electron chi connectivity index (χ4n) is 2.08. The summed E-state index contributed by atoms with van der Waals surface area (Å²) in [5, 5.41) is 13.8. The monoisotopic (exact) mass is 276 g/mol. The minimum atomic E-state index is -0.175. The van der Waals surface area contributed by atoms with E-state index in [0.29, 0.717) is 24.5 Å². The number of aryl methyl sites for hydroxylation is 3. The van der Waals surface area contributed by atoms with Gasteiger partial charge < -0.3 is 11.1 Å². The molecule has 108 valence electrons. The average molecular weight is 276 g/mol. The molecule has 7 nitrogen and oxygen atoms in total. The fraction of sp³-hybridized carbons (Fsp3) is 0.462. The van der Waals surface area contributed by atoms with Crippen molar-refractivity contribution < 1.29 is 4.79 Å². The molecule has 20 heavy (non-hydrogen) atoms. The van der Waals surface area contributed by atoms with E-state index >= 15 is 0 Å². The molecule has 0 aliphatic rings. The van der Waals surface area contributed by atoms with Gasteiger partial charge in [-0.25, -0.2) is 0 Å². The molecule has 2 rings (SSSR count). The van der Waals surface area contributed by atoms with Crippen molar-refractivity contribution in [1.82, 2.24) is 25.3 Å². The van der Waals surface area contributed by atoms with Crippen LogP contribution in [0, 0.1) is 6.92 Å². The van der Waals surface area contributed by atoms with Gasteiger partial charge in [0, 0.05) is 18.8 Å². The third kappa shape index (κ3) is 2.98. The number of hydrogen-bond donors (Lipinski definition) is 3. The van der Waals surface area contributed by atoms with E-state index in [9.17, 15) is 4.79 Å². The first-order valence-corrected chi connectivity index (χ1v) is 6.71. The molecule has 4 N–H and O–H groups in total. The maximum absolute atomic E-state index is 12.1. The first-order valence-electron chi connectivity index (χ1n) is 6.71. The largest absolute Gasteiger partial charge is 0.396 e. The summed E-state index contributed by atoms with van der Waals surface area (Å²) in [6.45, 7) is 5.12. The van der Waals surface area contributed by atoms with Gasteiger partial charge in [0.2, 0.25) is 0 Å². The lowest BCUT2D eigenvalue weighted by molar-refractivity contribution is 0.0943. The number of nitrogens with two attached hydrogens (primary N) is 1. The Hall–Kier alpha value is -2.31. The highest BCUT2D eigenvalue weighted by atomic mass is 16.2. The number of rotatable bonds is 6. The van der Waals surface area contributed by atoms with Crippen LogP contribution in [0.15, 0.2) is 12.4 Å². The predicted molar refractivity (Wildman–Crippen MR) is 76.3 cm³/mol. The van der Waals surface area contributed by atoms with Crippen molar-refractivity contribution in [3.63, 3.8) is 0 Å². The van der Waals surface area contributed by atoms with Gasteiger partial charge in [-0.15, -0.1) is 0 Å². The molecule has 0 aromatic carbocycles. The van der Waals surface area contributed by atoms with Gasteiger partial charge in [-0.05, 0) is 32.3 Å². The molecule has 2 aromatic heterocycles. The quantitative estimate of drug-likeness (QED) is 0.681. The van der Waals surface area contributed by atoms with Crippen LogP contribution in [0.25, 0.3) is 0 Å². The van der Waals surface area contributed by atoms with E-state index in [1.165, 1.54) is 11.8 Å². The number of hydrogen-bond acceptors (Lipinski definition) is 4. The highest BCUT2D eigenvalue weighted by molar-refractivity contribution is 5.97. The van der Waals surface area contributed by atoms with E-state index in [4.69, 9.17) is 5.73 Å². The molecule has 0 spiro atoms. The Balaban J connectivity index is 1.83. The molecule has 0 atom stereocenters. The average Bonchev–Trinajstić information content (AvgIpc) is 3.00. The normalized spacial score (nSPS) is 10.7. The molecule has 0 saturated carbocycles. The highest BCUT2D eigenvalue weighted by Crippen LogP contribution is 2.10. The smallest absolute Gasteiger partial charge is 0.271 e. The summed E-state index contributed by atoms with van der Waals surface area (Å²) >= 11 is 0. The number of H-pyrrole nitrogens is 1. The van der Waals surface area contributed by atoms with Gasteiger partial charge in [-0.1, -0.05) is 0 Å². The van der Waals surface area contributed by atoms with Crippen LogP contribution in [-0.4, -0.2) is 32.4 Å². The molecule has 0 saturated heterocycles. The number of anilines is 1. The Morgan fingerprint density at radius 1 is 1.50 bits per heavy atom. The molecular weight excluding hydrogens is 256 g/mol. The van der Waals surface area contributed by atoms with Crippen molar-refractivity contribution in [2.24, 2.45) is 0 Å². The Kier molecular flexibility index (Phi) is 4.39. The fourth-order valence-corrected chi connectivity index (χ4v) is 2.08. The number of aromatic nitrogens is 4. The molecule has 0 bridgehead atoms. The summed E-state index contributed by atoms with van der Waals surface area (Å²) in [5.41, 5.74) is 8.86. The second kappa shape index (κ2) is 6.23. The summed E-state index contributed by atoms with van der Waals surface area (Å²) in [6, 6.07) is 0. The number of carbonyl (C=O) groups excluding carboxylic acids is 1. The molecule has 7 heteroatoms. The van der Waals surface area contributed by atoms with Crippen molar-refractivity contribution in [3.8, 4) is 0 Å². The van der Waals surface area contributed by atoms with Crippen molar-refractivity contribution >= 4 is 11.6 Å². The van der Waals surface area contributed by atoms with E-state index in [1.807, 2.05) is 20.0 Å². The first kappa shape index (κ1) is 14.1. The van der Waals surface area contributed by atoms with Crippen molar-refractivity contribution in [1.29, 1.82) is 0 Å². The lowest BCUT2D eigenvalue weighted by atomic mass is 10.1. The number of aromatic amines is 1. The van der Waals surface area contributed by atoms with Crippen LogP contribution >= 0.6 is 0 Å². The van der Waals surface area contributed by atoms with E-state index in [2.05, 4.69) is 20.6 Å². The van der Waals surface area contributed by atoms with Crippen molar-refractivity contribution in [2.75, 3.05) is 12.3 Å². The van der Waals surface area contributed by atoms with E-state index in [1.54, 1.807) is 4.68 Å². The van der Waals surface area contributed by atoms with Crippen LogP contribution in [0.3, 0.4) is 0 Å². The maximum atomic E-state index is 12.1. The van der Waals surface area contributed by atoms with Crippen LogP contribution in [0.4, 0.5) is 5.69 Å².